The van der Waals surface area contributed by atoms with Crippen LogP contribution in [0.5, 0.6) is 0 Å². The SMILES string of the molecule is CCC(=O)Nc1cc(Nc2cc(-c3cc(Cl)ccc3F)nnc2SCCO)ccn1. The van der Waals surface area contributed by atoms with Crippen molar-refractivity contribution in [1.82, 2.24) is 15.2 Å². The summed E-state index contributed by atoms with van der Waals surface area (Å²) in [6.45, 7) is 1.72. The fourth-order valence-corrected chi connectivity index (χ4v) is 3.33. The van der Waals surface area contributed by atoms with Gasteiger partial charge in [0.25, 0.3) is 0 Å². The highest BCUT2D eigenvalue weighted by Gasteiger charge is 2.14. The van der Waals surface area contributed by atoms with Crippen molar-refractivity contribution in [3.63, 3.8) is 0 Å². The molecule has 1 aromatic carbocycles. The van der Waals surface area contributed by atoms with Crippen molar-refractivity contribution < 1.29 is 14.3 Å². The number of thioether (sulfide) groups is 1. The second kappa shape index (κ2) is 10.3. The number of aliphatic hydroxyl groups is 1. The summed E-state index contributed by atoms with van der Waals surface area (Å²) in [6.07, 6.45) is 1.89. The molecule has 0 aliphatic rings. The molecule has 2 aromatic heterocycles. The van der Waals surface area contributed by atoms with E-state index < -0.39 is 5.82 Å². The molecule has 0 spiro atoms. The minimum Gasteiger partial charge on any atom is -0.396 e. The lowest BCUT2D eigenvalue weighted by Crippen LogP contribution is -2.10. The first kappa shape index (κ1) is 21.9. The van der Waals surface area contributed by atoms with Crippen LogP contribution in [0.2, 0.25) is 5.02 Å². The third kappa shape index (κ3) is 5.65. The van der Waals surface area contributed by atoms with Crippen LogP contribution in [0.15, 0.2) is 47.6 Å². The van der Waals surface area contributed by atoms with Crippen LogP contribution < -0.4 is 10.6 Å². The first-order valence-electron chi connectivity index (χ1n) is 9.10. The van der Waals surface area contributed by atoms with Crippen LogP contribution in [-0.2, 0) is 4.79 Å². The van der Waals surface area contributed by atoms with E-state index in [1.54, 1.807) is 31.3 Å². The Morgan fingerprint density at radius 3 is 2.83 bits per heavy atom. The smallest absolute Gasteiger partial charge is 0.225 e. The van der Waals surface area contributed by atoms with Gasteiger partial charge in [0.15, 0.2) is 0 Å². The van der Waals surface area contributed by atoms with Crippen LogP contribution in [0.4, 0.5) is 21.6 Å². The Hall–Kier alpha value is -2.75. The minimum absolute atomic E-state index is 0.0289. The van der Waals surface area contributed by atoms with E-state index in [0.29, 0.717) is 45.1 Å². The van der Waals surface area contributed by atoms with Gasteiger partial charge in [-0.1, -0.05) is 18.5 Å². The molecule has 10 heteroatoms. The number of rotatable bonds is 8. The third-order valence-corrected chi connectivity index (χ3v) is 5.12. The topological polar surface area (TPSA) is 100 Å². The molecular formula is C20H19ClFN5O2S. The molecule has 0 atom stereocenters. The molecule has 7 nitrogen and oxygen atoms in total. The fourth-order valence-electron chi connectivity index (χ4n) is 2.51. The Balaban J connectivity index is 1.96. The molecule has 0 unspecified atom stereocenters. The summed E-state index contributed by atoms with van der Waals surface area (Å²) >= 11 is 7.31. The summed E-state index contributed by atoms with van der Waals surface area (Å²) in [5.74, 6) is 0.203. The van der Waals surface area contributed by atoms with E-state index >= 15 is 0 Å². The molecule has 156 valence electrons. The number of amides is 1. The zero-order valence-electron chi connectivity index (χ0n) is 16.0. The molecular weight excluding hydrogens is 429 g/mol. The second-order valence-corrected chi connectivity index (χ2v) is 7.62. The molecule has 30 heavy (non-hydrogen) atoms. The molecule has 0 aliphatic heterocycles. The van der Waals surface area contributed by atoms with Crippen molar-refractivity contribution in [2.24, 2.45) is 0 Å². The van der Waals surface area contributed by atoms with Crippen LogP contribution in [0, 0.1) is 5.82 Å². The highest BCUT2D eigenvalue weighted by atomic mass is 35.5. The van der Waals surface area contributed by atoms with Crippen molar-refractivity contribution in [3.05, 3.63) is 53.4 Å². The lowest BCUT2D eigenvalue weighted by atomic mass is 10.1. The van der Waals surface area contributed by atoms with Crippen molar-refractivity contribution in [2.75, 3.05) is 23.0 Å². The first-order chi connectivity index (χ1) is 14.5. The Labute approximate surface area is 182 Å². The number of aromatic nitrogens is 3. The molecule has 1 amide bonds. The van der Waals surface area contributed by atoms with Gasteiger partial charge < -0.3 is 15.7 Å². The number of carbonyl (C=O) groups is 1. The van der Waals surface area contributed by atoms with E-state index in [0.717, 1.165) is 0 Å². The average Bonchev–Trinajstić information content (AvgIpc) is 2.74. The normalized spacial score (nSPS) is 10.7. The average molecular weight is 448 g/mol. The molecule has 3 N–H and O–H groups in total. The molecule has 0 aliphatic carbocycles. The lowest BCUT2D eigenvalue weighted by molar-refractivity contribution is -0.115. The summed E-state index contributed by atoms with van der Waals surface area (Å²) in [4.78, 5) is 15.7. The molecule has 0 radical (unpaired) electrons. The number of anilines is 3. The number of nitrogens with one attached hydrogen (secondary N) is 2. The third-order valence-electron chi connectivity index (χ3n) is 3.92. The molecule has 3 aromatic rings. The van der Waals surface area contributed by atoms with Gasteiger partial charge in [-0.3, -0.25) is 4.79 Å². The summed E-state index contributed by atoms with van der Waals surface area (Å²) in [7, 11) is 0. The largest absolute Gasteiger partial charge is 0.396 e. The van der Waals surface area contributed by atoms with Gasteiger partial charge in [0.1, 0.15) is 16.7 Å². The Morgan fingerprint density at radius 2 is 2.07 bits per heavy atom. The number of pyridine rings is 1. The molecule has 0 bridgehead atoms. The van der Waals surface area contributed by atoms with E-state index in [2.05, 4.69) is 25.8 Å². The van der Waals surface area contributed by atoms with Gasteiger partial charge in [-0.2, -0.15) is 0 Å². The summed E-state index contributed by atoms with van der Waals surface area (Å²) in [5, 5.41) is 24.3. The minimum atomic E-state index is -0.469. The Bertz CT molecular complexity index is 1050. The number of aliphatic hydroxyl groups excluding tert-OH is 1. The number of nitrogens with zero attached hydrogens (tertiary/aromatic N) is 3. The fraction of sp³-hybridized carbons (Fsp3) is 0.200. The predicted molar refractivity (Wildman–Crippen MR) is 117 cm³/mol. The molecule has 2 heterocycles. The predicted octanol–water partition coefficient (Wildman–Crippen LogP) is 4.51. The maximum Gasteiger partial charge on any atom is 0.225 e. The summed E-state index contributed by atoms with van der Waals surface area (Å²) < 4.78 is 14.3. The van der Waals surface area contributed by atoms with Crippen LogP contribution in [0.3, 0.4) is 0 Å². The molecule has 0 saturated carbocycles. The van der Waals surface area contributed by atoms with Crippen LogP contribution in [0.25, 0.3) is 11.3 Å². The van der Waals surface area contributed by atoms with Gasteiger partial charge in [0.05, 0.1) is 18.0 Å². The van der Waals surface area contributed by atoms with Crippen LogP contribution in [-0.4, -0.2) is 38.6 Å². The van der Waals surface area contributed by atoms with Crippen molar-refractivity contribution >= 4 is 46.5 Å². The van der Waals surface area contributed by atoms with Gasteiger partial charge in [0.2, 0.25) is 5.91 Å². The quantitative estimate of drug-likeness (QED) is 0.437. The van der Waals surface area contributed by atoms with Crippen LogP contribution in [0.1, 0.15) is 13.3 Å². The Morgan fingerprint density at radius 1 is 1.23 bits per heavy atom. The number of hydrogen-bond donors (Lipinski definition) is 3. The van der Waals surface area contributed by atoms with Gasteiger partial charge in [0, 0.05) is 40.7 Å². The molecule has 0 fully saturated rings. The molecule has 3 rings (SSSR count). The van der Waals surface area contributed by atoms with Gasteiger partial charge in [-0.25, -0.2) is 9.37 Å². The van der Waals surface area contributed by atoms with Crippen molar-refractivity contribution in [1.29, 1.82) is 0 Å². The second-order valence-electron chi connectivity index (χ2n) is 6.10. The molecule has 0 saturated heterocycles. The van der Waals surface area contributed by atoms with E-state index in [1.807, 2.05) is 0 Å². The number of benzene rings is 1. The zero-order chi connectivity index (χ0) is 21.5. The van der Waals surface area contributed by atoms with E-state index in [1.165, 1.54) is 30.0 Å². The van der Waals surface area contributed by atoms with Crippen molar-refractivity contribution in [2.45, 2.75) is 18.4 Å². The van der Waals surface area contributed by atoms with E-state index in [-0.39, 0.29) is 18.1 Å². The maximum absolute atomic E-state index is 14.3. The first-order valence-corrected chi connectivity index (χ1v) is 10.5. The monoisotopic (exact) mass is 447 g/mol. The lowest BCUT2D eigenvalue weighted by Gasteiger charge is -2.13. The van der Waals surface area contributed by atoms with E-state index in [4.69, 9.17) is 16.7 Å². The summed E-state index contributed by atoms with van der Waals surface area (Å²) in [6, 6.07) is 9.27. The highest BCUT2D eigenvalue weighted by Crippen LogP contribution is 2.32. The standard InChI is InChI=1S/C20H19ClFN5O2S/c1-2-19(29)25-18-10-13(5-6-23-18)24-17-11-16(26-27-20(17)30-8-7-28)14-9-12(21)3-4-15(14)22/h3-6,9-11,28H,2,7-8H2,1H3,(H2,23,24,25,26,29). The van der Waals surface area contributed by atoms with Gasteiger partial charge >= 0.3 is 0 Å². The van der Waals surface area contributed by atoms with Gasteiger partial charge in [-0.05, 0) is 30.3 Å². The Kier molecular flexibility index (Phi) is 7.56. The maximum atomic E-state index is 14.3. The number of halogens is 2. The highest BCUT2D eigenvalue weighted by molar-refractivity contribution is 7.99. The zero-order valence-corrected chi connectivity index (χ0v) is 17.6. The van der Waals surface area contributed by atoms with Crippen molar-refractivity contribution in [3.8, 4) is 11.3 Å². The summed E-state index contributed by atoms with van der Waals surface area (Å²) in [5.41, 5.74) is 1.74. The van der Waals surface area contributed by atoms with Crippen LogP contribution >= 0.6 is 23.4 Å². The van der Waals surface area contributed by atoms with E-state index in [9.17, 15) is 9.18 Å². The van der Waals surface area contributed by atoms with Gasteiger partial charge in [-0.15, -0.1) is 22.0 Å². The number of carbonyl (C=O) groups excluding carboxylic acids is 1. The number of hydrogen-bond acceptors (Lipinski definition) is 7.